The van der Waals surface area contributed by atoms with Crippen LogP contribution in [0.4, 0.5) is 23.5 Å². The fourth-order valence-electron chi connectivity index (χ4n) is 3.42. The van der Waals surface area contributed by atoms with Gasteiger partial charge in [-0.15, -0.1) is 0 Å². The minimum Gasteiger partial charge on any atom is -0.475 e. The van der Waals surface area contributed by atoms with Gasteiger partial charge in [0.2, 0.25) is 11.9 Å². The molecule has 0 radical (unpaired) electrons. The normalized spacial score (nSPS) is 18.4. The summed E-state index contributed by atoms with van der Waals surface area (Å²) in [5.74, 6) is -2.63. The molecule has 0 aromatic carbocycles. The minimum absolute atomic E-state index is 0.0121. The van der Waals surface area contributed by atoms with Crippen molar-refractivity contribution in [2.24, 2.45) is 5.92 Å². The number of hydrogen-bond acceptors (Lipinski definition) is 6. The molecular formula is C19H21F4N5O4. The third-order valence-electron chi connectivity index (χ3n) is 4.84. The Morgan fingerprint density at radius 1 is 1.22 bits per heavy atom. The van der Waals surface area contributed by atoms with Gasteiger partial charge in [-0.25, -0.2) is 24.2 Å². The van der Waals surface area contributed by atoms with Crippen molar-refractivity contribution >= 4 is 17.8 Å². The molecule has 0 aliphatic carbocycles. The molecule has 1 atom stereocenters. The Balaban J connectivity index is 0.000000360. The van der Waals surface area contributed by atoms with Crippen molar-refractivity contribution in [2.75, 3.05) is 24.6 Å². The standard InChI is InChI=1S/C17H20FN5O2.C2HF3O2/c18-14-8-19-17(20-9-14)22-11-13(7-16(24)23-5-2-6-25-23)10-21-4-1-3-15(21)12-22;3-2(4,5)1(6)7/h1,3-4,8-9,13H,2,5-7,10-12H2;(H,6,7). The van der Waals surface area contributed by atoms with Crippen LogP contribution in [0.3, 0.4) is 0 Å². The first-order chi connectivity index (χ1) is 15.1. The molecule has 1 fully saturated rings. The molecule has 1 saturated heterocycles. The number of hydroxylamine groups is 2. The summed E-state index contributed by atoms with van der Waals surface area (Å²) in [6.07, 6.45) is 0.562. The van der Waals surface area contributed by atoms with E-state index in [1.54, 1.807) is 0 Å². The molecule has 2 aliphatic heterocycles. The molecule has 174 valence electrons. The van der Waals surface area contributed by atoms with Crippen molar-refractivity contribution in [1.29, 1.82) is 0 Å². The van der Waals surface area contributed by atoms with E-state index in [1.807, 2.05) is 23.2 Å². The Morgan fingerprint density at radius 3 is 2.50 bits per heavy atom. The van der Waals surface area contributed by atoms with Crippen LogP contribution in [-0.4, -0.2) is 62.5 Å². The molecule has 2 aromatic heterocycles. The number of carboxylic acid groups (broad SMARTS) is 1. The number of carbonyl (C=O) groups excluding carboxylic acids is 1. The van der Waals surface area contributed by atoms with Gasteiger partial charge in [0, 0.05) is 37.3 Å². The van der Waals surface area contributed by atoms with Crippen LogP contribution < -0.4 is 4.90 Å². The lowest BCUT2D eigenvalue weighted by Crippen LogP contribution is -2.34. The Kier molecular flexibility index (Phi) is 7.28. The Morgan fingerprint density at radius 2 is 1.91 bits per heavy atom. The molecule has 32 heavy (non-hydrogen) atoms. The molecule has 13 heteroatoms. The van der Waals surface area contributed by atoms with Gasteiger partial charge in [0.25, 0.3) is 0 Å². The summed E-state index contributed by atoms with van der Waals surface area (Å²) >= 11 is 0. The van der Waals surface area contributed by atoms with Crippen LogP contribution in [0, 0.1) is 11.7 Å². The predicted octanol–water partition coefficient (Wildman–Crippen LogP) is 2.24. The van der Waals surface area contributed by atoms with Gasteiger partial charge < -0.3 is 14.6 Å². The average Bonchev–Trinajstić information content (AvgIpc) is 3.38. The van der Waals surface area contributed by atoms with E-state index in [-0.39, 0.29) is 11.8 Å². The topological polar surface area (TPSA) is 101 Å². The molecular weight excluding hydrogens is 438 g/mol. The molecule has 4 rings (SSSR count). The molecule has 0 saturated carbocycles. The first-order valence-corrected chi connectivity index (χ1v) is 9.73. The average molecular weight is 459 g/mol. The lowest BCUT2D eigenvalue weighted by atomic mass is 10.0. The lowest BCUT2D eigenvalue weighted by Gasteiger charge is -2.24. The van der Waals surface area contributed by atoms with Crippen LogP contribution in [-0.2, 0) is 27.5 Å². The maximum absolute atomic E-state index is 13.1. The van der Waals surface area contributed by atoms with Crippen molar-refractivity contribution in [3.63, 3.8) is 0 Å². The molecule has 9 nitrogen and oxygen atoms in total. The van der Waals surface area contributed by atoms with E-state index < -0.39 is 18.0 Å². The summed E-state index contributed by atoms with van der Waals surface area (Å²) in [7, 11) is 0. The summed E-state index contributed by atoms with van der Waals surface area (Å²) in [5, 5.41) is 8.60. The number of carboxylic acids is 1. The van der Waals surface area contributed by atoms with Crippen LogP contribution in [0.25, 0.3) is 0 Å². The number of hydrogen-bond donors (Lipinski definition) is 1. The number of amides is 1. The van der Waals surface area contributed by atoms with E-state index in [0.29, 0.717) is 38.6 Å². The van der Waals surface area contributed by atoms with Gasteiger partial charge in [-0.2, -0.15) is 13.2 Å². The molecule has 0 spiro atoms. The minimum atomic E-state index is -5.08. The second-order valence-electron chi connectivity index (χ2n) is 7.29. The first kappa shape index (κ1) is 23.4. The number of fused-ring (bicyclic) bond motifs is 1. The molecule has 1 N–H and O–H groups in total. The third-order valence-corrected chi connectivity index (χ3v) is 4.84. The Hall–Kier alpha value is -3.22. The van der Waals surface area contributed by atoms with E-state index >= 15 is 0 Å². The number of aliphatic carboxylic acids is 1. The summed E-state index contributed by atoms with van der Waals surface area (Å²) in [5.41, 5.74) is 1.13. The van der Waals surface area contributed by atoms with Crippen molar-refractivity contribution in [1.82, 2.24) is 19.6 Å². The van der Waals surface area contributed by atoms with Crippen molar-refractivity contribution in [3.05, 3.63) is 42.2 Å². The van der Waals surface area contributed by atoms with Gasteiger partial charge in [0.15, 0.2) is 5.82 Å². The maximum atomic E-state index is 13.1. The number of aromatic nitrogens is 3. The Bertz CT molecular complexity index is 929. The third kappa shape index (κ3) is 6.15. The van der Waals surface area contributed by atoms with Gasteiger partial charge in [-0.3, -0.25) is 9.63 Å². The summed E-state index contributed by atoms with van der Waals surface area (Å²) in [4.78, 5) is 36.9. The van der Waals surface area contributed by atoms with Gasteiger partial charge in [-0.1, -0.05) is 0 Å². The van der Waals surface area contributed by atoms with E-state index in [2.05, 4.69) is 14.5 Å². The highest BCUT2D eigenvalue weighted by Gasteiger charge is 2.38. The van der Waals surface area contributed by atoms with Gasteiger partial charge in [0.05, 0.1) is 32.1 Å². The molecule has 1 unspecified atom stereocenters. The van der Waals surface area contributed by atoms with E-state index in [0.717, 1.165) is 18.7 Å². The number of carbonyl (C=O) groups is 2. The smallest absolute Gasteiger partial charge is 0.475 e. The number of halogens is 4. The fourth-order valence-corrected chi connectivity index (χ4v) is 3.42. The monoisotopic (exact) mass is 459 g/mol. The SMILES string of the molecule is O=C(CC1CN(c2ncc(F)cn2)Cc2cccn2C1)N1CCCO1.O=C(O)C(F)(F)F. The molecule has 0 bridgehead atoms. The van der Waals surface area contributed by atoms with Crippen LogP contribution in [0.1, 0.15) is 18.5 Å². The number of rotatable bonds is 3. The highest BCUT2D eigenvalue weighted by atomic mass is 19.4. The second-order valence-corrected chi connectivity index (χ2v) is 7.29. The number of alkyl halides is 3. The molecule has 4 heterocycles. The Labute approximate surface area is 180 Å². The largest absolute Gasteiger partial charge is 0.490 e. The van der Waals surface area contributed by atoms with E-state index in [9.17, 15) is 22.4 Å². The van der Waals surface area contributed by atoms with Crippen molar-refractivity contribution in [3.8, 4) is 0 Å². The van der Waals surface area contributed by atoms with Crippen molar-refractivity contribution in [2.45, 2.75) is 32.1 Å². The zero-order valence-electron chi connectivity index (χ0n) is 16.8. The highest BCUT2D eigenvalue weighted by Crippen LogP contribution is 2.23. The van der Waals surface area contributed by atoms with Crippen LogP contribution in [0.5, 0.6) is 0 Å². The van der Waals surface area contributed by atoms with Gasteiger partial charge >= 0.3 is 12.1 Å². The van der Waals surface area contributed by atoms with E-state index in [1.165, 1.54) is 17.5 Å². The maximum Gasteiger partial charge on any atom is 0.490 e. The van der Waals surface area contributed by atoms with Gasteiger partial charge in [-0.05, 0) is 18.6 Å². The first-order valence-electron chi connectivity index (χ1n) is 9.73. The highest BCUT2D eigenvalue weighted by molar-refractivity contribution is 5.75. The molecule has 1 amide bonds. The van der Waals surface area contributed by atoms with Crippen LogP contribution in [0.2, 0.25) is 0 Å². The van der Waals surface area contributed by atoms with Crippen LogP contribution in [0.15, 0.2) is 30.7 Å². The zero-order valence-corrected chi connectivity index (χ0v) is 16.8. The zero-order chi connectivity index (χ0) is 23.3. The molecule has 2 aliphatic rings. The summed E-state index contributed by atoms with van der Waals surface area (Å²) in [6.45, 7) is 3.27. The van der Waals surface area contributed by atoms with Gasteiger partial charge in [0.1, 0.15) is 0 Å². The number of nitrogens with zero attached hydrogens (tertiary/aromatic N) is 5. The number of anilines is 1. The predicted molar refractivity (Wildman–Crippen MR) is 102 cm³/mol. The quantitative estimate of drug-likeness (QED) is 0.703. The lowest BCUT2D eigenvalue weighted by molar-refractivity contribution is -0.192. The van der Waals surface area contributed by atoms with Crippen LogP contribution >= 0.6 is 0 Å². The summed E-state index contributed by atoms with van der Waals surface area (Å²) in [6, 6.07) is 4.04. The summed E-state index contributed by atoms with van der Waals surface area (Å²) < 4.78 is 47.0. The fraction of sp³-hybridized carbons (Fsp3) is 0.474. The van der Waals surface area contributed by atoms with E-state index in [4.69, 9.17) is 14.7 Å². The molecule has 2 aromatic rings. The second kappa shape index (κ2) is 9.94. The van der Waals surface area contributed by atoms with Crippen molar-refractivity contribution < 1.29 is 37.1 Å².